The Morgan fingerprint density at radius 1 is 1.53 bits per heavy atom. The van der Waals surface area contributed by atoms with Gasteiger partial charge in [0.05, 0.1) is 11.4 Å². The molecule has 15 heavy (non-hydrogen) atoms. The zero-order valence-corrected chi connectivity index (χ0v) is 8.91. The zero-order chi connectivity index (χ0) is 10.7. The summed E-state index contributed by atoms with van der Waals surface area (Å²) in [5, 5.41) is 0. The summed E-state index contributed by atoms with van der Waals surface area (Å²) in [5.74, 6) is 0.766. The molecule has 0 unspecified atom stereocenters. The van der Waals surface area contributed by atoms with Gasteiger partial charge in [-0.15, -0.1) is 11.8 Å². The van der Waals surface area contributed by atoms with Crippen molar-refractivity contribution >= 4 is 23.3 Å². The summed E-state index contributed by atoms with van der Waals surface area (Å²) in [5.41, 5.74) is 6.93. The first-order valence-corrected chi connectivity index (χ1v) is 5.70. The Hall–Kier alpha value is -1.49. The average Bonchev–Trinajstić information content (AvgIpc) is 2.59. The largest absolute Gasteiger partial charge is 0.369 e. The molecule has 0 radical (unpaired) electrons. The van der Waals surface area contributed by atoms with Gasteiger partial charge < -0.3 is 10.1 Å². The predicted octanol–water partition coefficient (Wildman–Crippen LogP) is 1.05. The van der Waals surface area contributed by atoms with Gasteiger partial charge in [0.15, 0.2) is 0 Å². The van der Waals surface area contributed by atoms with Crippen molar-refractivity contribution in [2.45, 2.75) is 5.75 Å². The highest BCUT2D eigenvalue weighted by Gasteiger charge is 2.01. The van der Waals surface area contributed by atoms with Gasteiger partial charge in [-0.25, -0.2) is 4.98 Å². The van der Waals surface area contributed by atoms with Crippen molar-refractivity contribution in [1.82, 2.24) is 9.38 Å². The molecule has 2 N–H and O–H groups in total. The molecule has 0 spiro atoms. The number of aromatic nitrogens is 2. The van der Waals surface area contributed by atoms with E-state index in [1.807, 2.05) is 35.0 Å². The van der Waals surface area contributed by atoms with Crippen molar-refractivity contribution in [1.29, 1.82) is 0 Å². The number of hydrogen-bond donors (Lipinski definition) is 1. The molecule has 0 fully saturated rings. The van der Waals surface area contributed by atoms with Crippen molar-refractivity contribution in [3.8, 4) is 0 Å². The van der Waals surface area contributed by atoms with Crippen molar-refractivity contribution in [2.24, 2.45) is 5.73 Å². The van der Waals surface area contributed by atoms with Crippen LogP contribution in [0.2, 0.25) is 0 Å². The normalized spacial score (nSPS) is 10.7. The zero-order valence-electron chi connectivity index (χ0n) is 8.09. The molecule has 2 rings (SSSR count). The molecule has 0 saturated carbocycles. The monoisotopic (exact) mass is 221 g/mol. The van der Waals surface area contributed by atoms with E-state index in [2.05, 4.69) is 4.98 Å². The average molecular weight is 221 g/mol. The molecule has 4 nitrogen and oxygen atoms in total. The molecule has 0 aromatic carbocycles. The third kappa shape index (κ3) is 2.50. The highest BCUT2D eigenvalue weighted by molar-refractivity contribution is 7.99. The summed E-state index contributed by atoms with van der Waals surface area (Å²) in [6.45, 7) is 0. The van der Waals surface area contributed by atoms with Crippen molar-refractivity contribution in [2.75, 3.05) is 5.75 Å². The van der Waals surface area contributed by atoms with E-state index >= 15 is 0 Å². The number of carbonyl (C=O) groups excluding carboxylic acids is 1. The number of thioether (sulfide) groups is 1. The maximum absolute atomic E-state index is 10.5. The van der Waals surface area contributed by atoms with E-state index in [1.54, 1.807) is 0 Å². The second-order valence-electron chi connectivity index (χ2n) is 3.16. The molecule has 0 aliphatic rings. The van der Waals surface area contributed by atoms with Gasteiger partial charge in [0.25, 0.3) is 0 Å². The van der Waals surface area contributed by atoms with E-state index in [1.165, 1.54) is 11.8 Å². The van der Waals surface area contributed by atoms with Crippen LogP contribution in [0, 0.1) is 0 Å². The van der Waals surface area contributed by atoms with Crippen LogP contribution in [0.4, 0.5) is 0 Å². The smallest absolute Gasteiger partial charge is 0.227 e. The van der Waals surface area contributed by atoms with Gasteiger partial charge >= 0.3 is 0 Å². The van der Waals surface area contributed by atoms with E-state index in [9.17, 15) is 4.79 Å². The second kappa shape index (κ2) is 4.35. The van der Waals surface area contributed by atoms with Crippen LogP contribution in [0.1, 0.15) is 5.69 Å². The topological polar surface area (TPSA) is 60.4 Å². The lowest BCUT2D eigenvalue weighted by atomic mass is 10.5. The minimum Gasteiger partial charge on any atom is -0.369 e. The summed E-state index contributed by atoms with van der Waals surface area (Å²) in [7, 11) is 0. The third-order valence-electron chi connectivity index (χ3n) is 1.91. The van der Waals surface area contributed by atoms with Crippen LogP contribution in [0.15, 0.2) is 30.6 Å². The van der Waals surface area contributed by atoms with Crippen molar-refractivity contribution in [3.63, 3.8) is 0 Å². The van der Waals surface area contributed by atoms with Gasteiger partial charge in [-0.2, -0.15) is 0 Å². The van der Waals surface area contributed by atoms with E-state index < -0.39 is 0 Å². The predicted molar refractivity (Wildman–Crippen MR) is 60.5 cm³/mol. The molecule has 2 aromatic heterocycles. The van der Waals surface area contributed by atoms with E-state index in [4.69, 9.17) is 5.73 Å². The number of hydrogen-bond acceptors (Lipinski definition) is 3. The summed E-state index contributed by atoms with van der Waals surface area (Å²) >= 11 is 1.48. The van der Waals surface area contributed by atoms with Gasteiger partial charge in [-0.1, -0.05) is 6.07 Å². The molecule has 78 valence electrons. The van der Waals surface area contributed by atoms with Gasteiger partial charge in [0, 0.05) is 18.1 Å². The molecule has 0 aliphatic carbocycles. The molecular formula is C10H11N3OS. The Morgan fingerprint density at radius 2 is 2.40 bits per heavy atom. The minimum absolute atomic E-state index is 0.288. The molecule has 5 heteroatoms. The lowest BCUT2D eigenvalue weighted by Gasteiger charge is -1.93. The Bertz CT molecular complexity index is 447. The van der Waals surface area contributed by atoms with Crippen LogP contribution in [0.5, 0.6) is 0 Å². The third-order valence-corrected chi connectivity index (χ3v) is 2.90. The van der Waals surface area contributed by atoms with Crippen LogP contribution in [0.25, 0.3) is 5.65 Å². The van der Waals surface area contributed by atoms with Gasteiger partial charge in [-0.05, 0) is 12.1 Å². The quantitative estimate of drug-likeness (QED) is 0.839. The number of nitrogens with two attached hydrogens (primary N) is 1. The number of amides is 1. The summed E-state index contributed by atoms with van der Waals surface area (Å²) in [6, 6.07) is 5.85. The van der Waals surface area contributed by atoms with E-state index in [-0.39, 0.29) is 5.91 Å². The van der Waals surface area contributed by atoms with Crippen molar-refractivity contribution < 1.29 is 4.79 Å². The Kier molecular flexibility index (Phi) is 2.91. The molecule has 0 atom stereocenters. The molecule has 2 aromatic rings. The van der Waals surface area contributed by atoms with E-state index in [0.29, 0.717) is 11.5 Å². The van der Waals surface area contributed by atoms with Crippen LogP contribution >= 0.6 is 11.8 Å². The van der Waals surface area contributed by atoms with Crippen LogP contribution in [0.3, 0.4) is 0 Å². The van der Waals surface area contributed by atoms with Crippen LogP contribution in [-0.2, 0) is 10.5 Å². The van der Waals surface area contributed by atoms with Gasteiger partial charge in [0.2, 0.25) is 5.91 Å². The maximum Gasteiger partial charge on any atom is 0.227 e. The lowest BCUT2D eigenvalue weighted by Crippen LogP contribution is -2.13. The molecular weight excluding hydrogens is 210 g/mol. The lowest BCUT2D eigenvalue weighted by molar-refractivity contribution is -0.115. The number of nitrogens with zero attached hydrogens (tertiary/aromatic N) is 2. The summed E-state index contributed by atoms with van der Waals surface area (Å²) in [4.78, 5) is 14.9. The standard InChI is InChI=1S/C10H11N3OS/c11-9(14)7-15-6-8-5-13-4-2-1-3-10(13)12-8/h1-5H,6-7H2,(H2,11,14). The Balaban J connectivity index is 2.05. The number of fused-ring (bicyclic) bond motifs is 1. The summed E-state index contributed by atoms with van der Waals surface area (Å²) < 4.78 is 1.96. The fraction of sp³-hybridized carbons (Fsp3) is 0.200. The first kappa shape index (κ1) is 10.0. The Morgan fingerprint density at radius 3 is 3.13 bits per heavy atom. The first-order chi connectivity index (χ1) is 7.25. The highest BCUT2D eigenvalue weighted by atomic mass is 32.2. The van der Waals surface area contributed by atoms with Gasteiger partial charge in [0.1, 0.15) is 5.65 Å². The minimum atomic E-state index is -0.288. The first-order valence-electron chi connectivity index (χ1n) is 4.54. The number of imidazole rings is 1. The van der Waals surface area contributed by atoms with Crippen molar-refractivity contribution in [3.05, 3.63) is 36.3 Å². The van der Waals surface area contributed by atoms with Crippen LogP contribution in [-0.4, -0.2) is 21.0 Å². The van der Waals surface area contributed by atoms with E-state index in [0.717, 1.165) is 11.3 Å². The van der Waals surface area contributed by atoms with Gasteiger partial charge in [-0.3, -0.25) is 4.79 Å². The van der Waals surface area contributed by atoms with Crippen LogP contribution < -0.4 is 5.73 Å². The maximum atomic E-state index is 10.5. The molecule has 2 heterocycles. The Labute approximate surface area is 91.5 Å². The molecule has 1 amide bonds. The second-order valence-corrected chi connectivity index (χ2v) is 4.14. The fourth-order valence-corrected chi connectivity index (χ4v) is 1.96. The molecule has 0 saturated heterocycles. The summed E-state index contributed by atoms with van der Waals surface area (Å²) in [6.07, 6.45) is 3.91. The molecule has 0 aliphatic heterocycles. The highest BCUT2D eigenvalue weighted by Crippen LogP contribution is 2.12. The SMILES string of the molecule is NC(=O)CSCc1cn2ccccc2n1. The number of primary amides is 1. The number of carbonyl (C=O) groups is 1. The number of rotatable bonds is 4. The number of pyridine rings is 1. The fourth-order valence-electron chi connectivity index (χ4n) is 1.31. The molecule has 0 bridgehead atoms.